The lowest BCUT2D eigenvalue weighted by Gasteiger charge is -2.30. The minimum absolute atomic E-state index is 0.147. The van der Waals surface area contributed by atoms with Crippen LogP contribution in [0.4, 0.5) is 4.39 Å². The standard InChI is InChI=1S/C15H23FO2/c1-8(2)12-6-11(16)7-13(9(3)4)14(12)10(5)15(17)18/h6,8-11H,7H2,1-5H3,(H,17,18). The summed E-state index contributed by atoms with van der Waals surface area (Å²) in [7, 11) is 0. The fraction of sp³-hybridized carbons (Fsp3) is 0.667. The van der Waals surface area contributed by atoms with Gasteiger partial charge in [0, 0.05) is 6.42 Å². The first-order valence-electron chi connectivity index (χ1n) is 6.57. The van der Waals surface area contributed by atoms with E-state index in [2.05, 4.69) is 0 Å². The lowest BCUT2D eigenvalue weighted by atomic mass is 9.75. The van der Waals surface area contributed by atoms with Crippen LogP contribution in [0, 0.1) is 17.8 Å². The van der Waals surface area contributed by atoms with Gasteiger partial charge < -0.3 is 5.11 Å². The normalized spacial score (nSPS) is 22.4. The van der Waals surface area contributed by atoms with E-state index >= 15 is 0 Å². The van der Waals surface area contributed by atoms with Crippen molar-refractivity contribution in [3.8, 4) is 0 Å². The van der Waals surface area contributed by atoms with Gasteiger partial charge in [-0.05, 0) is 36.0 Å². The highest BCUT2D eigenvalue weighted by Crippen LogP contribution is 2.38. The lowest BCUT2D eigenvalue weighted by molar-refractivity contribution is -0.139. The Hall–Kier alpha value is -1.12. The molecule has 18 heavy (non-hydrogen) atoms. The van der Waals surface area contributed by atoms with E-state index in [1.54, 1.807) is 13.0 Å². The van der Waals surface area contributed by atoms with Gasteiger partial charge in [0.25, 0.3) is 0 Å². The number of hydrogen-bond acceptors (Lipinski definition) is 1. The molecule has 3 heteroatoms. The molecule has 0 bridgehead atoms. The molecule has 0 heterocycles. The van der Waals surface area contributed by atoms with E-state index in [9.17, 15) is 14.3 Å². The van der Waals surface area contributed by atoms with Crippen molar-refractivity contribution in [2.24, 2.45) is 17.8 Å². The van der Waals surface area contributed by atoms with Crippen molar-refractivity contribution in [2.75, 3.05) is 0 Å². The predicted octanol–water partition coefficient (Wildman–Crippen LogP) is 3.98. The van der Waals surface area contributed by atoms with E-state index in [1.165, 1.54) is 0 Å². The number of carboxylic acid groups (broad SMARTS) is 1. The van der Waals surface area contributed by atoms with Gasteiger partial charge in [-0.3, -0.25) is 4.79 Å². The molecule has 0 amide bonds. The maximum Gasteiger partial charge on any atom is 0.310 e. The van der Waals surface area contributed by atoms with Gasteiger partial charge in [-0.2, -0.15) is 0 Å². The van der Waals surface area contributed by atoms with E-state index in [-0.39, 0.29) is 11.8 Å². The zero-order valence-corrected chi connectivity index (χ0v) is 11.8. The molecule has 102 valence electrons. The summed E-state index contributed by atoms with van der Waals surface area (Å²) in [6.07, 6.45) is 0.955. The van der Waals surface area contributed by atoms with Crippen molar-refractivity contribution < 1.29 is 14.3 Å². The van der Waals surface area contributed by atoms with Crippen LogP contribution in [0.3, 0.4) is 0 Å². The zero-order chi connectivity index (χ0) is 14.0. The third-order valence-corrected chi connectivity index (χ3v) is 3.55. The first kappa shape index (κ1) is 14.9. The number of alkyl halides is 1. The Bertz CT molecular complexity index is 391. The first-order chi connectivity index (χ1) is 8.25. The molecule has 0 radical (unpaired) electrons. The molecule has 0 saturated heterocycles. The van der Waals surface area contributed by atoms with Crippen LogP contribution in [-0.2, 0) is 4.79 Å². The molecule has 2 unspecified atom stereocenters. The van der Waals surface area contributed by atoms with Crippen molar-refractivity contribution in [1.82, 2.24) is 0 Å². The minimum atomic E-state index is -0.982. The van der Waals surface area contributed by atoms with E-state index in [4.69, 9.17) is 0 Å². The third-order valence-electron chi connectivity index (χ3n) is 3.55. The molecule has 0 spiro atoms. The summed E-state index contributed by atoms with van der Waals surface area (Å²) in [6, 6.07) is 0. The SMILES string of the molecule is CC(C)C1=CC(F)CC(C(C)C)=C1C(C)C(=O)O. The second-order valence-corrected chi connectivity index (χ2v) is 5.65. The highest BCUT2D eigenvalue weighted by Gasteiger charge is 2.30. The van der Waals surface area contributed by atoms with Gasteiger partial charge in [0.1, 0.15) is 6.17 Å². The molecule has 0 aromatic rings. The molecule has 1 rings (SSSR count). The zero-order valence-electron chi connectivity index (χ0n) is 11.8. The van der Waals surface area contributed by atoms with Gasteiger partial charge in [-0.25, -0.2) is 4.39 Å². The molecule has 0 fully saturated rings. The van der Waals surface area contributed by atoms with E-state index in [0.29, 0.717) is 6.42 Å². The Balaban J connectivity index is 3.34. The Morgan fingerprint density at radius 1 is 1.28 bits per heavy atom. The largest absolute Gasteiger partial charge is 0.481 e. The Kier molecular flexibility index (Phi) is 4.71. The molecular formula is C15H23FO2. The number of aliphatic carboxylic acids is 1. The van der Waals surface area contributed by atoms with E-state index in [1.807, 2.05) is 27.7 Å². The number of halogens is 1. The van der Waals surface area contributed by atoms with Gasteiger partial charge in [0.05, 0.1) is 5.92 Å². The maximum atomic E-state index is 13.8. The summed E-state index contributed by atoms with van der Waals surface area (Å²) in [5.41, 5.74) is 2.68. The average molecular weight is 254 g/mol. The number of rotatable bonds is 4. The van der Waals surface area contributed by atoms with Crippen molar-refractivity contribution in [3.63, 3.8) is 0 Å². The first-order valence-corrected chi connectivity index (χ1v) is 6.57. The Morgan fingerprint density at radius 3 is 2.22 bits per heavy atom. The molecule has 1 aliphatic carbocycles. The van der Waals surface area contributed by atoms with E-state index in [0.717, 1.165) is 16.7 Å². The van der Waals surface area contributed by atoms with Crippen LogP contribution in [-0.4, -0.2) is 17.2 Å². The second-order valence-electron chi connectivity index (χ2n) is 5.65. The smallest absolute Gasteiger partial charge is 0.310 e. The summed E-state index contributed by atoms with van der Waals surface area (Å²) >= 11 is 0. The molecule has 0 aromatic carbocycles. The van der Waals surface area contributed by atoms with Crippen LogP contribution >= 0.6 is 0 Å². The summed E-state index contributed by atoms with van der Waals surface area (Å²) in [5.74, 6) is -1.08. The van der Waals surface area contributed by atoms with Crippen LogP contribution < -0.4 is 0 Å². The van der Waals surface area contributed by atoms with Gasteiger partial charge >= 0.3 is 5.97 Å². The molecule has 2 nitrogen and oxygen atoms in total. The van der Waals surface area contributed by atoms with Crippen molar-refractivity contribution in [2.45, 2.75) is 47.2 Å². The van der Waals surface area contributed by atoms with E-state index < -0.39 is 18.1 Å². The Morgan fingerprint density at radius 2 is 1.83 bits per heavy atom. The summed E-state index contributed by atoms with van der Waals surface area (Å²) < 4.78 is 13.8. The van der Waals surface area contributed by atoms with Gasteiger partial charge in [-0.1, -0.05) is 33.3 Å². The van der Waals surface area contributed by atoms with Gasteiger partial charge in [-0.15, -0.1) is 0 Å². The quantitative estimate of drug-likeness (QED) is 0.823. The van der Waals surface area contributed by atoms with Crippen molar-refractivity contribution in [3.05, 3.63) is 22.8 Å². The maximum absolute atomic E-state index is 13.8. The second kappa shape index (κ2) is 5.68. The van der Waals surface area contributed by atoms with Crippen molar-refractivity contribution >= 4 is 5.97 Å². The highest BCUT2D eigenvalue weighted by molar-refractivity contribution is 5.75. The molecule has 0 aromatic heterocycles. The molecule has 0 saturated carbocycles. The Labute approximate surface area is 109 Å². The van der Waals surface area contributed by atoms with Gasteiger partial charge in [0.2, 0.25) is 0 Å². The van der Waals surface area contributed by atoms with Crippen LogP contribution in [0.1, 0.15) is 41.0 Å². The fourth-order valence-electron chi connectivity index (χ4n) is 2.55. The summed E-state index contributed by atoms with van der Waals surface area (Å²) in [5, 5.41) is 9.24. The van der Waals surface area contributed by atoms with Crippen LogP contribution in [0.15, 0.2) is 22.8 Å². The monoisotopic (exact) mass is 254 g/mol. The molecule has 1 N–H and O–H groups in total. The topological polar surface area (TPSA) is 37.3 Å². The van der Waals surface area contributed by atoms with Crippen LogP contribution in [0.2, 0.25) is 0 Å². The predicted molar refractivity (Wildman–Crippen MR) is 71.1 cm³/mol. The molecule has 0 aliphatic heterocycles. The fourth-order valence-corrected chi connectivity index (χ4v) is 2.55. The lowest BCUT2D eigenvalue weighted by Crippen LogP contribution is -2.24. The molecule has 1 aliphatic rings. The highest BCUT2D eigenvalue weighted by atomic mass is 19.1. The average Bonchev–Trinajstić information content (AvgIpc) is 2.26. The molecule has 2 atom stereocenters. The molecular weight excluding hydrogens is 231 g/mol. The summed E-state index contributed by atoms with van der Waals surface area (Å²) in [4.78, 5) is 11.3. The van der Waals surface area contributed by atoms with Gasteiger partial charge in [0.15, 0.2) is 0 Å². The number of carboxylic acids is 1. The number of carbonyl (C=O) groups is 1. The third kappa shape index (κ3) is 3.01. The van der Waals surface area contributed by atoms with Crippen molar-refractivity contribution in [1.29, 1.82) is 0 Å². The summed E-state index contributed by atoms with van der Waals surface area (Å²) in [6.45, 7) is 9.65. The minimum Gasteiger partial charge on any atom is -0.481 e. The van der Waals surface area contributed by atoms with Crippen LogP contribution in [0.25, 0.3) is 0 Å². The number of allylic oxidation sites excluding steroid dienone is 3. The van der Waals surface area contributed by atoms with Crippen LogP contribution in [0.5, 0.6) is 0 Å². The number of hydrogen-bond donors (Lipinski definition) is 1.